The van der Waals surface area contributed by atoms with Gasteiger partial charge in [-0.25, -0.2) is 9.59 Å². The average molecular weight is 176 g/mol. The molecule has 0 fully saturated rings. The van der Waals surface area contributed by atoms with Crippen LogP contribution in [0.4, 0.5) is 4.79 Å². The average Bonchev–Trinajstić information content (AvgIpc) is 2.00. The summed E-state index contributed by atoms with van der Waals surface area (Å²) in [6.45, 7) is 3.40. The van der Waals surface area contributed by atoms with Crippen molar-refractivity contribution in [2.45, 2.75) is 26.4 Å². The molecule has 0 spiro atoms. The Balaban J connectivity index is 3.85. The minimum atomic E-state index is -1.16. The Kier molecular flexibility index (Phi) is 4.83. The van der Waals surface area contributed by atoms with E-state index < -0.39 is 18.2 Å². The summed E-state index contributed by atoms with van der Waals surface area (Å²) in [5.74, 6) is -1.16. The summed E-state index contributed by atoms with van der Waals surface area (Å²) in [5.41, 5.74) is 0. The third kappa shape index (κ3) is 3.80. The van der Waals surface area contributed by atoms with Crippen LogP contribution in [0.25, 0.3) is 0 Å². The van der Waals surface area contributed by atoms with Crippen molar-refractivity contribution in [2.75, 3.05) is 6.61 Å². The van der Waals surface area contributed by atoms with Crippen LogP contribution in [0.1, 0.15) is 20.3 Å². The number of hydrogen-bond acceptors (Lipinski definition) is 4. The molecule has 0 saturated heterocycles. The third-order valence-electron chi connectivity index (χ3n) is 1.15. The van der Waals surface area contributed by atoms with E-state index >= 15 is 0 Å². The summed E-state index contributed by atoms with van der Waals surface area (Å²) >= 11 is 0. The molecule has 0 aliphatic rings. The molecule has 0 radical (unpaired) electrons. The van der Waals surface area contributed by atoms with Gasteiger partial charge in [0.05, 0.1) is 6.61 Å². The Morgan fingerprint density at radius 2 is 2.00 bits per heavy atom. The lowest BCUT2D eigenvalue weighted by molar-refractivity contribution is -0.148. The van der Waals surface area contributed by atoms with Crippen molar-refractivity contribution in [3.63, 3.8) is 0 Å². The van der Waals surface area contributed by atoms with Gasteiger partial charge >= 0.3 is 12.1 Å². The number of carbonyl (C=O) groups excluding carboxylic acids is 1. The molecular weight excluding hydrogens is 164 g/mol. The molecular formula is C7H12O5. The molecule has 0 aliphatic carbocycles. The number of hydrogen-bond donors (Lipinski definition) is 1. The minimum absolute atomic E-state index is 0.175. The van der Waals surface area contributed by atoms with Crippen molar-refractivity contribution in [3.8, 4) is 0 Å². The predicted octanol–water partition coefficient (Wildman–Crippen LogP) is 1.02. The fourth-order valence-corrected chi connectivity index (χ4v) is 0.576. The molecule has 0 aromatic heterocycles. The third-order valence-corrected chi connectivity index (χ3v) is 1.15. The normalized spacial score (nSPS) is 11.8. The molecule has 12 heavy (non-hydrogen) atoms. The molecule has 70 valence electrons. The topological polar surface area (TPSA) is 72.8 Å². The highest BCUT2D eigenvalue weighted by Crippen LogP contribution is 1.99. The van der Waals surface area contributed by atoms with E-state index in [2.05, 4.69) is 9.47 Å². The predicted molar refractivity (Wildman–Crippen MR) is 39.8 cm³/mol. The van der Waals surface area contributed by atoms with Crippen LogP contribution in [-0.4, -0.2) is 29.9 Å². The first-order valence-corrected chi connectivity index (χ1v) is 3.68. The van der Waals surface area contributed by atoms with Crippen LogP contribution in [0, 0.1) is 0 Å². The van der Waals surface area contributed by atoms with Gasteiger partial charge in [0.25, 0.3) is 0 Å². The molecule has 0 saturated carbocycles. The summed E-state index contributed by atoms with van der Waals surface area (Å²) in [6, 6.07) is 0. The Labute approximate surface area is 70.3 Å². The number of rotatable bonds is 4. The van der Waals surface area contributed by atoms with Gasteiger partial charge in [0, 0.05) is 0 Å². The van der Waals surface area contributed by atoms with Crippen LogP contribution in [-0.2, 0) is 14.3 Å². The van der Waals surface area contributed by atoms with E-state index in [0.29, 0.717) is 0 Å². The summed E-state index contributed by atoms with van der Waals surface area (Å²) in [4.78, 5) is 20.9. The molecule has 0 rings (SSSR count). The fourth-order valence-electron chi connectivity index (χ4n) is 0.576. The zero-order valence-corrected chi connectivity index (χ0v) is 7.07. The van der Waals surface area contributed by atoms with Crippen molar-refractivity contribution >= 4 is 12.1 Å². The second-order valence-electron chi connectivity index (χ2n) is 2.04. The molecule has 1 atom stereocenters. The molecule has 0 aromatic rings. The smallest absolute Gasteiger partial charge is 0.479 e. The van der Waals surface area contributed by atoms with Gasteiger partial charge in [-0.05, 0) is 13.3 Å². The largest absolute Gasteiger partial charge is 0.509 e. The van der Waals surface area contributed by atoms with Crippen molar-refractivity contribution in [3.05, 3.63) is 0 Å². The van der Waals surface area contributed by atoms with E-state index in [-0.39, 0.29) is 13.0 Å². The Bertz CT molecular complexity index is 165. The fraction of sp³-hybridized carbons (Fsp3) is 0.714. The van der Waals surface area contributed by atoms with Crippen LogP contribution >= 0.6 is 0 Å². The van der Waals surface area contributed by atoms with Gasteiger partial charge in [0.1, 0.15) is 0 Å². The lowest BCUT2D eigenvalue weighted by atomic mass is 10.3. The standard InChI is InChI=1S/C7H12O5/c1-3-5(6(8)9)12-7(10)11-4-2/h5H,3-4H2,1-2H3,(H,8,9). The first kappa shape index (κ1) is 10.7. The number of aliphatic carboxylic acids is 1. The molecule has 5 nitrogen and oxygen atoms in total. The SMILES string of the molecule is CCOC(=O)OC(CC)C(=O)O. The summed E-state index contributed by atoms with van der Waals surface area (Å²) in [5, 5.41) is 8.46. The summed E-state index contributed by atoms with van der Waals surface area (Å²) in [7, 11) is 0. The molecule has 0 bridgehead atoms. The molecule has 0 heterocycles. The lowest BCUT2D eigenvalue weighted by Crippen LogP contribution is -2.26. The van der Waals surface area contributed by atoms with Gasteiger partial charge in [-0.3, -0.25) is 0 Å². The molecule has 0 aromatic carbocycles. The second-order valence-corrected chi connectivity index (χ2v) is 2.04. The van der Waals surface area contributed by atoms with Crippen LogP contribution in [0.5, 0.6) is 0 Å². The zero-order chi connectivity index (χ0) is 9.56. The maximum Gasteiger partial charge on any atom is 0.509 e. The molecule has 1 N–H and O–H groups in total. The quantitative estimate of drug-likeness (QED) is 0.647. The maximum absolute atomic E-state index is 10.6. The minimum Gasteiger partial charge on any atom is -0.479 e. The highest BCUT2D eigenvalue weighted by molar-refractivity contribution is 5.75. The number of carboxylic acid groups (broad SMARTS) is 1. The first-order chi connectivity index (χ1) is 5.61. The Morgan fingerprint density at radius 1 is 1.42 bits per heavy atom. The van der Waals surface area contributed by atoms with Crippen LogP contribution < -0.4 is 0 Å². The highest BCUT2D eigenvalue weighted by atomic mass is 16.7. The summed E-state index contributed by atoms with van der Waals surface area (Å²) in [6.07, 6.45) is -1.82. The van der Waals surface area contributed by atoms with Crippen molar-refractivity contribution in [2.24, 2.45) is 0 Å². The highest BCUT2D eigenvalue weighted by Gasteiger charge is 2.20. The number of ether oxygens (including phenoxy) is 2. The second kappa shape index (κ2) is 5.40. The molecule has 0 aliphatic heterocycles. The van der Waals surface area contributed by atoms with Gasteiger partial charge in [-0.2, -0.15) is 0 Å². The molecule has 0 amide bonds. The van der Waals surface area contributed by atoms with Gasteiger partial charge in [-0.1, -0.05) is 6.92 Å². The Hall–Kier alpha value is -1.26. The number of carboxylic acids is 1. The molecule has 5 heteroatoms. The van der Waals surface area contributed by atoms with Gasteiger partial charge in [0.2, 0.25) is 6.10 Å². The molecule has 1 unspecified atom stereocenters. The van der Waals surface area contributed by atoms with E-state index in [0.717, 1.165) is 0 Å². The van der Waals surface area contributed by atoms with Crippen molar-refractivity contribution < 1.29 is 24.2 Å². The van der Waals surface area contributed by atoms with Gasteiger partial charge in [-0.15, -0.1) is 0 Å². The van der Waals surface area contributed by atoms with Crippen molar-refractivity contribution in [1.82, 2.24) is 0 Å². The summed E-state index contributed by atoms with van der Waals surface area (Å²) < 4.78 is 8.84. The monoisotopic (exact) mass is 176 g/mol. The zero-order valence-electron chi connectivity index (χ0n) is 7.07. The van der Waals surface area contributed by atoms with E-state index in [4.69, 9.17) is 5.11 Å². The van der Waals surface area contributed by atoms with Crippen LogP contribution in [0.3, 0.4) is 0 Å². The number of carbonyl (C=O) groups is 2. The van der Waals surface area contributed by atoms with Gasteiger partial charge < -0.3 is 14.6 Å². The van der Waals surface area contributed by atoms with Gasteiger partial charge in [0.15, 0.2) is 0 Å². The van der Waals surface area contributed by atoms with E-state index in [1.807, 2.05) is 0 Å². The maximum atomic E-state index is 10.6. The first-order valence-electron chi connectivity index (χ1n) is 3.68. The Morgan fingerprint density at radius 3 is 2.33 bits per heavy atom. The lowest BCUT2D eigenvalue weighted by Gasteiger charge is -2.10. The van der Waals surface area contributed by atoms with Crippen LogP contribution in [0.15, 0.2) is 0 Å². The van der Waals surface area contributed by atoms with E-state index in [1.165, 1.54) is 0 Å². The van der Waals surface area contributed by atoms with Crippen molar-refractivity contribution in [1.29, 1.82) is 0 Å². The van der Waals surface area contributed by atoms with Crippen LogP contribution in [0.2, 0.25) is 0 Å². The van der Waals surface area contributed by atoms with E-state index in [1.54, 1.807) is 13.8 Å². The van der Waals surface area contributed by atoms with E-state index in [9.17, 15) is 9.59 Å².